The van der Waals surface area contributed by atoms with Gasteiger partial charge in [-0.3, -0.25) is 0 Å². The summed E-state index contributed by atoms with van der Waals surface area (Å²) >= 11 is 2.45. The molecule has 0 N–H and O–H groups in total. The van der Waals surface area contributed by atoms with Crippen molar-refractivity contribution in [3.05, 3.63) is 60.1 Å². The van der Waals surface area contributed by atoms with Gasteiger partial charge in [0, 0.05) is 0 Å². The molecule has 0 saturated heterocycles. The zero-order valence-electron chi connectivity index (χ0n) is 13.9. The van der Waals surface area contributed by atoms with Crippen LogP contribution < -0.4 is 25.4 Å². The van der Waals surface area contributed by atoms with Crippen LogP contribution in [0.1, 0.15) is 0 Å². The Labute approximate surface area is 185 Å². The lowest BCUT2D eigenvalue weighted by atomic mass is 10.3. The number of para-hydroxylation sites is 1. The minimum absolute atomic E-state index is 0.289. The molecule has 30 heavy (non-hydrogen) atoms. The molecule has 0 radical (unpaired) electrons. The van der Waals surface area contributed by atoms with Crippen LogP contribution in [0.5, 0.6) is 5.75 Å². The van der Waals surface area contributed by atoms with Crippen LogP contribution in [-0.4, -0.2) is 32.4 Å². The second-order valence-corrected chi connectivity index (χ2v) is 11.4. The van der Waals surface area contributed by atoms with E-state index in [1.54, 1.807) is 18.2 Å². The molecule has 2 aromatic carbocycles. The largest absolute Gasteiger partial charge is 0.741 e. The first-order valence-electron chi connectivity index (χ1n) is 6.97. The Balaban J connectivity index is 0.000000479. The van der Waals surface area contributed by atoms with Crippen molar-refractivity contribution in [2.75, 3.05) is 0 Å². The molecule has 0 heterocycles. The Kier molecular flexibility index (Phi) is 8.98. The fourth-order valence-corrected chi connectivity index (χ4v) is 5.19. The number of hydrogen-bond acceptors (Lipinski definition) is 6. The molecule has 16 heteroatoms. The van der Waals surface area contributed by atoms with Crippen molar-refractivity contribution in [2.24, 2.45) is 0 Å². The van der Waals surface area contributed by atoms with Gasteiger partial charge in [-0.25, -0.2) is 8.42 Å². The van der Waals surface area contributed by atoms with E-state index in [1.807, 2.05) is 18.2 Å². The highest BCUT2D eigenvalue weighted by molar-refractivity contribution is 9.10. The van der Waals surface area contributed by atoms with Gasteiger partial charge in [0.15, 0.2) is 15.9 Å². The number of benzene rings is 2. The number of halogens is 8. The maximum Gasteiger partial charge on any atom is 0.534 e. The molecule has 0 unspecified atom stereocenters. The average molecular weight is 657 g/mol. The summed E-state index contributed by atoms with van der Waals surface area (Å²) < 4.78 is 125. The van der Waals surface area contributed by atoms with Crippen molar-refractivity contribution in [1.29, 1.82) is 0 Å². The lowest BCUT2D eigenvalue weighted by Gasteiger charge is -2.08. The quantitative estimate of drug-likeness (QED) is 0.159. The standard InChI is InChI=1S/C13H8BrF3IO3S.CHF3O3S/c14-9-5-1-2-6-10(9)18-11-7-3-4-8-12(11)21-22(19,20)13(15,16)17;2-1(3,4)8(5,6)7/h1-8H;(H,5,6,7)/q+1;/p-1. The highest BCUT2D eigenvalue weighted by Gasteiger charge is 2.49. The Bertz CT molecular complexity index is 1090. The van der Waals surface area contributed by atoms with Gasteiger partial charge in [-0.05, 0) is 40.2 Å². The Hall–Kier alpha value is -1.11. The Morgan fingerprint density at radius 1 is 0.800 bits per heavy atom. The summed E-state index contributed by atoms with van der Waals surface area (Å²) in [6.45, 7) is 0. The Morgan fingerprint density at radius 3 is 1.67 bits per heavy atom. The van der Waals surface area contributed by atoms with Crippen LogP contribution in [0.15, 0.2) is 53.0 Å². The van der Waals surface area contributed by atoms with Gasteiger partial charge >= 0.3 is 42.3 Å². The lowest BCUT2D eigenvalue weighted by Crippen LogP contribution is -3.61. The molecule has 0 aliphatic carbocycles. The third-order valence-corrected chi connectivity index (χ3v) is 8.59. The predicted octanol–water partition coefficient (Wildman–Crippen LogP) is 0.857. The van der Waals surface area contributed by atoms with E-state index in [-0.39, 0.29) is 5.75 Å². The molecule has 6 nitrogen and oxygen atoms in total. The van der Waals surface area contributed by atoms with Gasteiger partial charge < -0.3 is 8.74 Å². The zero-order chi connectivity index (χ0) is 23.4. The summed E-state index contributed by atoms with van der Waals surface area (Å²) in [5.74, 6) is -0.289. The first kappa shape index (κ1) is 26.9. The molecule has 2 aromatic rings. The second-order valence-electron chi connectivity index (χ2n) is 4.82. The first-order chi connectivity index (χ1) is 13.5. The van der Waals surface area contributed by atoms with Gasteiger partial charge in [-0.15, -0.1) is 0 Å². The third-order valence-electron chi connectivity index (χ3n) is 2.63. The summed E-state index contributed by atoms with van der Waals surface area (Å²) in [5, 5.41) is 0. The van der Waals surface area contributed by atoms with Gasteiger partial charge in [-0.1, -0.05) is 24.3 Å². The molecule has 0 aromatic heterocycles. The van der Waals surface area contributed by atoms with Crippen molar-refractivity contribution in [2.45, 2.75) is 11.0 Å². The monoisotopic (exact) mass is 656 g/mol. The summed E-state index contributed by atoms with van der Waals surface area (Å²) in [6.07, 6.45) is 0. The smallest absolute Gasteiger partial charge is 0.534 e. The van der Waals surface area contributed by atoms with E-state index in [0.717, 1.165) is 8.04 Å². The van der Waals surface area contributed by atoms with Crippen LogP contribution >= 0.6 is 15.9 Å². The molecule has 0 aliphatic heterocycles. The topological polar surface area (TPSA) is 101 Å². The van der Waals surface area contributed by atoms with Gasteiger partial charge in [0.05, 0.1) is 4.47 Å². The van der Waals surface area contributed by atoms with Crippen LogP contribution in [-0.2, 0) is 20.2 Å². The maximum atomic E-state index is 12.4. The molecule has 0 atom stereocenters. The predicted molar refractivity (Wildman–Crippen MR) is 89.3 cm³/mol. The van der Waals surface area contributed by atoms with E-state index >= 15 is 0 Å². The van der Waals surface area contributed by atoms with Gasteiger partial charge in [0.25, 0.3) is 0 Å². The van der Waals surface area contributed by atoms with E-state index in [4.69, 9.17) is 13.0 Å². The first-order valence-corrected chi connectivity index (χ1v) is 12.7. The van der Waals surface area contributed by atoms with E-state index in [1.165, 1.54) is 12.1 Å². The number of alkyl halides is 6. The van der Waals surface area contributed by atoms with Gasteiger partial charge in [0.2, 0.25) is 7.14 Å². The molecule has 2 rings (SSSR count). The maximum absolute atomic E-state index is 12.4. The van der Waals surface area contributed by atoms with Gasteiger partial charge in [-0.2, -0.15) is 34.8 Å². The van der Waals surface area contributed by atoms with Crippen molar-refractivity contribution < 1.29 is 73.1 Å². The van der Waals surface area contributed by atoms with Crippen molar-refractivity contribution in [3.8, 4) is 5.75 Å². The molecule has 0 spiro atoms. The molecular formula is C14H8BrF6IO6S2. The van der Waals surface area contributed by atoms with E-state index in [2.05, 4.69) is 20.1 Å². The average Bonchev–Trinajstić information content (AvgIpc) is 2.56. The SMILES string of the molecule is O=S(=O)(Oc1ccccc1[I+]c1ccccc1Br)C(F)(F)F.O=S(=O)([O-])C(F)(F)F. The van der Waals surface area contributed by atoms with Crippen LogP contribution in [0.4, 0.5) is 26.3 Å². The molecular weight excluding hydrogens is 649 g/mol. The van der Waals surface area contributed by atoms with E-state index < -0.39 is 52.5 Å². The molecule has 0 amide bonds. The molecule has 0 bridgehead atoms. The second kappa shape index (κ2) is 10.0. The van der Waals surface area contributed by atoms with Crippen LogP contribution in [0, 0.1) is 7.14 Å². The highest BCUT2D eigenvalue weighted by atomic mass is 127. The van der Waals surface area contributed by atoms with Crippen molar-refractivity contribution in [1.82, 2.24) is 0 Å². The molecule has 168 valence electrons. The van der Waals surface area contributed by atoms with Gasteiger partial charge in [0.1, 0.15) is 0 Å². The fraction of sp³-hybridized carbons (Fsp3) is 0.143. The molecule has 0 aliphatic rings. The lowest BCUT2D eigenvalue weighted by molar-refractivity contribution is -0.599. The van der Waals surface area contributed by atoms with Crippen LogP contribution in [0.3, 0.4) is 0 Å². The minimum atomic E-state index is -6.09. The molecule has 0 fully saturated rings. The summed E-state index contributed by atoms with van der Waals surface area (Å²) in [6, 6.07) is 13.1. The molecule has 0 saturated carbocycles. The number of hydrogen-bond donors (Lipinski definition) is 0. The highest BCUT2D eigenvalue weighted by Crippen LogP contribution is 2.26. The summed E-state index contributed by atoms with van der Waals surface area (Å²) in [4.78, 5) is 0. The summed E-state index contributed by atoms with van der Waals surface area (Å²) in [7, 11) is -11.8. The normalized spacial score (nSPS) is 12.7. The Morgan fingerprint density at radius 2 is 1.23 bits per heavy atom. The van der Waals surface area contributed by atoms with E-state index in [0.29, 0.717) is 3.57 Å². The number of rotatable bonds is 4. The van der Waals surface area contributed by atoms with Crippen molar-refractivity contribution >= 4 is 36.2 Å². The zero-order valence-corrected chi connectivity index (χ0v) is 19.3. The van der Waals surface area contributed by atoms with Crippen molar-refractivity contribution in [3.63, 3.8) is 0 Å². The fourth-order valence-electron chi connectivity index (χ4n) is 1.38. The van der Waals surface area contributed by atoms with E-state index in [9.17, 15) is 34.8 Å². The van der Waals surface area contributed by atoms with Crippen LogP contribution in [0.2, 0.25) is 0 Å². The minimum Gasteiger partial charge on any atom is -0.741 e. The summed E-state index contributed by atoms with van der Waals surface area (Å²) in [5.41, 5.74) is -11.1. The third kappa shape index (κ3) is 7.86. The van der Waals surface area contributed by atoms with Crippen LogP contribution in [0.25, 0.3) is 0 Å².